The molecule has 164 valence electrons. The molecule has 0 unspecified atom stereocenters. The van der Waals surface area contributed by atoms with E-state index in [-0.39, 0.29) is 0 Å². The van der Waals surface area contributed by atoms with Crippen molar-refractivity contribution in [1.82, 2.24) is 14.5 Å². The standard InChI is InChI=1S/C26H28N4O2/c1-4-18-7-6-8-24-22(18)13-17(3)30(24)12-11-27-25-15-23(28-16-29-25)20-9-10-21(26(31)32)19(5-2)14-20/h6-10,13-16H,4-5,11-12H2,1-3H3,(H,31,32)(H,27,28,29). The zero-order valence-electron chi connectivity index (χ0n) is 18.7. The molecule has 0 aliphatic carbocycles. The molecule has 2 heterocycles. The number of carboxylic acid groups (broad SMARTS) is 1. The molecular weight excluding hydrogens is 400 g/mol. The highest BCUT2D eigenvalue weighted by Crippen LogP contribution is 2.25. The number of hydrogen-bond donors (Lipinski definition) is 2. The molecular formula is C26H28N4O2. The van der Waals surface area contributed by atoms with Crippen LogP contribution in [0, 0.1) is 6.92 Å². The van der Waals surface area contributed by atoms with Crippen LogP contribution in [-0.2, 0) is 19.4 Å². The van der Waals surface area contributed by atoms with Gasteiger partial charge in [0.05, 0.1) is 11.3 Å². The molecule has 0 bridgehead atoms. The Hall–Kier alpha value is -3.67. The number of benzene rings is 2. The van der Waals surface area contributed by atoms with E-state index in [9.17, 15) is 9.90 Å². The van der Waals surface area contributed by atoms with Crippen molar-refractivity contribution in [2.24, 2.45) is 0 Å². The molecule has 0 aliphatic heterocycles. The molecule has 0 saturated carbocycles. The quantitative estimate of drug-likeness (QED) is 0.396. The number of aryl methyl sites for hydroxylation is 3. The molecule has 0 saturated heterocycles. The number of rotatable bonds is 8. The Labute approximate surface area is 188 Å². The molecule has 0 amide bonds. The molecule has 4 rings (SSSR count). The maximum atomic E-state index is 11.4. The van der Waals surface area contributed by atoms with Crippen LogP contribution in [0.15, 0.2) is 54.9 Å². The minimum atomic E-state index is -0.905. The molecule has 2 N–H and O–H groups in total. The molecule has 0 radical (unpaired) electrons. The predicted octanol–water partition coefficient (Wildman–Crippen LogP) is 5.34. The summed E-state index contributed by atoms with van der Waals surface area (Å²) in [6, 6.07) is 16.0. The fourth-order valence-electron chi connectivity index (χ4n) is 4.25. The fourth-order valence-corrected chi connectivity index (χ4v) is 4.25. The van der Waals surface area contributed by atoms with Crippen LogP contribution < -0.4 is 5.32 Å². The molecule has 2 aromatic carbocycles. The second-order valence-corrected chi connectivity index (χ2v) is 7.89. The van der Waals surface area contributed by atoms with Gasteiger partial charge in [0.25, 0.3) is 0 Å². The third-order valence-electron chi connectivity index (χ3n) is 5.95. The first-order chi connectivity index (χ1) is 15.5. The van der Waals surface area contributed by atoms with Gasteiger partial charge in [-0.05, 0) is 55.2 Å². The number of nitrogens with zero attached hydrogens (tertiary/aromatic N) is 3. The van der Waals surface area contributed by atoms with Crippen molar-refractivity contribution in [1.29, 1.82) is 0 Å². The van der Waals surface area contributed by atoms with Crippen LogP contribution in [0.2, 0.25) is 0 Å². The van der Waals surface area contributed by atoms with Crippen LogP contribution in [0.1, 0.15) is 41.0 Å². The van der Waals surface area contributed by atoms with Gasteiger partial charge in [-0.1, -0.05) is 32.0 Å². The summed E-state index contributed by atoms with van der Waals surface area (Å²) in [6.07, 6.45) is 3.21. The largest absolute Gasteiger partial charge is 0.478 e. The molecule has 6 nitrogen and oxygen atoms in total. The Kier molecular flexibility index (Phi) is 6.21. The van der Waals surface area contributed by atoms with Gasteiger partial charge in [-0.15, -0.1) is 0 Å². The predicted molar refractivity (Wildman–Crippen MR) is 128 cm³/mol. The van der Waals surface area contributed by atoms with E-state index in [1.54, 1.807) is 12.1 Å². The van der Waals surface area contributed by atoms with Gasteiger partial charge in [-0.2, -0.15) is 0 Å². The SMILES string of the molecule is CCc1cc(-c2cc(NCCn3c(C)cc4c(CC)cccc43)ncn2)ccc1C(=O)O. The first-order valence-electron chi connectivity index (χ1n) is 11.0. The first-order valence-corrected chi connectivity index (χ1v) is 11.0. The zero-order chi connectivity index (χ0) is 22.7. The van der Waals surface area contributed by atoms with Crippen LogP contribution in [-0.4, -0.2) is 32.2 Å². The summed E-state index contributed by atoms with van der Waals surface area (Å²) in [6.45, 7) is 7.85. The van der Waals surface area contributed by atoms with E-state index in [4.69, 9.17) is 0 Å². The lowest BCUT2D eigenvalue weighted by atomic mass is 10.0. The van der Waals surface area contributed by atoms with Crippen LogP contribution in [0.3, 0.4) is 0 Å². The molecule has 0 atom stereocenters. The van der Waals surface area contributed by atoms with Gasteiger partial charge < -0.3 is 15.0 Å². The number of anilines is 1. The Morgan fingerprint density at radius 2 is 1.84 bits per heavy atom. The lowest BCUT2D eigenvalue weighted by Gasteiger charge is -2.12. The number of carbonyl (C=O) groups is 1. The number of hydrogen-bond acceptors (Lipinski definition) is 4. The van der Waals surface area contributed by atoms with Crippen molar-refractivity contribution >= 4 is 22.7 Å². The van der Waals surface area contributed by atoms with Crippen molar-refractivity contribution in [3.63, 3.8) is 0 Å². The van der Waals surface area contributed by atoms with E-state index < -0.39 is 5.97 Å². The van der Waals surface area contributed by atoms with E-state index in [2.05, 4.69) is 58.0 Å². The van der Waals surface area contributed by atoms with Gasteiger partial charge in [0, 0.05) is 41.3 Å². The van der Waals surface area contributed by atoms with Crippen molar-refractivity contribution in [3.8, 4) is 11.3 Å². The van der Waals surface area contributed by atoms with Crippen molar-refractivity contribution in [2.75, 3.05) is 11.9 Å². The summed E-state index contributed by atoms with van der Waals surface area (Å²) >= 11 is 0. The van der Waals surface area contributed by atoms with Gasteiger partial charge in [-0.3, -0.25) is 0 Å². The summed E-state index contributed by atoms with van der Waals surface area (Å²) in [4.78, 5) is 20.1. The van der Waals surface area contributed by atoms with Crippen LogP contribution >= 0.6 is 0 Å². The Morgan fingerprint density at radius 1 is 1.03 bits per heavy atom. The zero-order valence-corrected chi connectivity index (χ0v) is 18.7. The summed E-state index contributed by atoms with van der Waals surface area (Å²) in [5, 5.41) is 14.1. The maximum Gasteiger partial charge on any atom is 0.335 e. The number of carboxylic acids is 1. The second kappa shape index (κ2) is 9.22. The highest BCUT2D eigenvalue weighted by Gasteiger charge is 2.12. The molecule has 2 aromatic heterocycles. The first kappa shape index (κ1) is 21.6. The summed E-state index contributed by atoms with van der Waals surface area (Å²) < 4.78 is 2.34. The fraction of sp³-hybridized carbons (Fsp3) is 0.269. The highest BCUT2D eigenvalue weighted by atomic mass is 16.4. The summed E-state index contributed by atoms with van der Waals surface area (Å²) in [7, 11) is 0. The van der Waals surface area contributed by atoms with E-state index in [1.165, 1.54) is 28.5 Å². The minimum absolute atomic E-state index is 0.337. The highest BCUT2D eigenvalue weighted by molar-refractivity contribution is 5.90. The van der Waals surface area contributed by atoms with Gasteiger partial charge in [0.2, 0.25) is 0 Å². The normalized spacial score (nSPS) is 11.1. The third kappa shape index (κ3) is 4.21. The van der Waals surface area contributed by atoms with Crippen LogP contribution in [0.4, 0.5) is 5.82 Å². The summed E-state index contributed by atoms with van der Waals surface area (Å²) in [5.41, 5.74) is 6.67. The average Bonchev–Trinajstić information content (AvgIpc) is 3.14. The molecule has 6 heteroatoms. The number of fused-ring (bicyclic) bond motifs is 1. The third-order valence-corrected chi connectivity index (χ3v) is 5.95. The lowest BCUT2D eigenvalue weighted by molar-refractivity contribution is 0.0695. The van der Waals surface area contributed by atoms with Gasteiger partial charge in [0.1, 0.15) is 12.1 Å². The molecule has 32 heavy (non-hydrogen) atoms. The van der Waals surface area contributed by atoms with E-state index in [0.29, 0.717) is 12.0 Å². The summed E-state index contributed by atoms with van der Waals surface area (Å²) in [5.74, 6) is -0.156. The monoisotopic (exact) mass is 428 g/mol. The lowest BCUT2D eigenvalue weighted by Crippen LogP contribution is -2.12. The number of nitrogens with one attached hydrogen (secondary N) is 1. The minimum Gasteiger partial charge on any atom is -0.478 e. The smallest absolute Gasteiger partial charge is 0.335 e. The Bertz CT molecular complexity index is 1280. The van der Waals surface area contributed by atoms with E-state index in [1.807, 2.05) is 19.1 Å². The second-order valence-electron chi connectivity index (χ2n) is 7.89. The van der Waals surface area contributed by atoms with Crippen LogP contribution in [0.25, 0.3) is 22.2 Å². The Morgan fingerprint density at radius 3 is 2.59 bits per heavy atom. The molecule has 0 aliphatic rings. The Balaban J connectivity index is 1.51. The van der Waals surface area contributed by atoms with Gasteiger partial charge >= 0.3 is 5.97 Å². The molecule has 0 spiro atoms. The van der Waals surface area contributed by atoms with Crippen molar-refractivity contribution in [2.45, 2.75) is 40.2 Å². The molecule has 0 fully saturated rings. The van der Waals surface area contributed by atoms with Crippen LogP contribution in [0.5, 0.6) is 0 Å². The van der Waals surface area contributed by atoms with E-state index in [0.717, 1.165) is 42.1 Å². The van der Waals surface area contributed by atoms with Crippen molar-refractivity contribution in [3.05, 3.63) is 77.2 Å². The maximum absolute atomic E-state index is 11.4. The average molecular weight is 429 g/mol. The molecule has 4 aromatic rings. The van der Waals surface area contributed by atoms with Gasteiger partial charge in [-0.25, -0.2) is 14.8 Å². The number of aromatic carboxylic acids is 1. The number of aromatic nitrogens is 3. The van der Waals surface area contributed by atoms with Gasteiger partial charge in [0.15, 0.2) is 0 Å². The topological polar surface area (TPSA) is 80.0 Å². The van der Waals surface area contributed by atoms with E-state index >= 15 is 0 Å². The van der Waals surface area contributed by atoms with Crippen molar-refractivity contribution < 1.29 is 9.90 Å².